The van der Waals surface area contributed by atoms with E-state index in [9.17, 15) is 2.74 Å². The topological polar surface area (TPSA) is 57.6 Å². The van der Waals surface area contributed by atoms with Crippen molar-refractivity contribution < 1.29 is 10.2 Å². The molecule has 0 atom stereocenters. The summed E-state index contributed by atoms with van der Waals surface area (Å²) in [5, 5.41) is 7.58. The van der Waals surface area contributed by atoms with Crippen molar-refractivity contribution in [2.45, 2.75) is 38.5 Å². The van der Waals surface area contributed by atoms with Gasteiger partial charge in [-0.1, -0.05) is 177 Å². The molecule has 10 aromatic rings. The van der Waals surface area contributed by atoms with Gasteiger partial charge in [0.1, 0.15) is 24.0 Å². The maximum Gasteiger partial charge on any atom is 0.182 e. The van der Waals surface area contributed by atoms with Crippen molar-refractivity contribution in [3.05, 3.63) is 325 Å². The molecule has 0 unspecified atom stereocenters. The van der Waals surface area contributed by atoms with Crippen molar-refractivity contribution in [3.63, 3.8) is 0 Å². The number of ether oxygens (including phenoxy) is 1. The van der Waals surface area contributed by atoms with Crippen LogP contribution in [0.3, 0.4) is 0 Å². The Labute approximate surface area is 506 Å². The maximum absolute atomic E-state index is 9.48. The highest BCUT2D eigenvalue weighted by atomic mass is 16.5. The fourth-order valence-corrected chi connectivity index (χ4v) is 11.7. The highest BCUT2D eigenvalue weighted by Crippen LogP contribution is 2.51. The van der Waals surface area contributed by atoms with Gasteiger partial charge in [0, 0.05) is 65.0 Å². The zero-order chi connectivity index (χ0) is 61.2. The van der Waals surface area contributed by atoms with Gasteiger partial charge < -0.3 is 25.2 Å². The molecule has 2 radical (unpaired) electrons. The summed E-state index contributed by atoms with van der Waals surface area (Å²) in [7, 11) is 4.38. The van der Waals surface area contributed by atoms with Gasteiger partial charge in [-0.15, -0.1) is 12.0 Å². The van der Waals surface area contributed by atoms with Crippen LogP contribution < -0.4 is 25.2 Å². The number of hydrogen-bond donors (Lipinski definition) is 2. The highest BCUT2D eigenvalue weighted by molar-refractivity contribution is 6.67. The van der Waals surface area contributed by atoms with Crippen LogP contribution in [0.1, 0.15) is 66.6 Å². The third-order valence-electron chi connectivity index (χ3n) is 16.1. The third kappa shape index (κ3) is 10.9. The summed E-state index contributed by atoms with van der Waals surface area (Å²) in [4.78, 5) is 9.81. The van der Waals surface area contributed by atoms with Crippen LogP contribution in [0.15, 0.2) is 292 Å². The molecule has 8 aromatic carbocycles. The molecule has 410 valence electrons. The molecule has 2 aromatic heterocycles. The van der Waals surface area contributed by atoms with Gasteiger partial charge in [0.15, 0.2) is 14.6 Å². The lowest BCUT2D eigenvalue weighted by Gasteiger charge is -2.32. The lowest BCUT2D eigenvalue weighted by Crippen LogP contribution is -2.26. The Balaban J connectivity index is 0.970. The molecule has 0 saturated heterocycles. The second-order valence-corrected chi connectivity index (χ2v) is 22.5. The van der Waals surface area contributed by atoms with Crippen molar-refractivity contribution >= 4 is 70.1 Å². The lowest BCUT2D eigenvalue weighted by molar-refractivity contribution is 0.483. The standard InChI is InChI=1S/C76H64B2N6O/c1-75(2,3)59-48-65(67-31-22-43-79-41-20-18-39-77-67)74(66(49-59)68-32-23-44-80-42-21-19-40-78-68)83-53-82(70-34-16-17-35-71(70)83)60-46-55(54-24-8-5-9-25-54)47-62(51-60)85-61-36-37-64-63-30-14-15-33-69(63)84(72(64)52-61)73-50-58(38-45-81-73)76(4,56-26-10-6-11-27-56)57-28-12-7-13-29-57/h5-52,79-80H,53H2,1-4H3/b39-18-,40-19-,41-20-,42-21-,43-22-,44-23-,67-31-,68-32-/i14D,15D,30D,33D. The molecule has 9 heteroatoms. The van der Waals surface area contributed by atoms with Crippen LogP contribution in [-0.4, -0.2) is 30.8 Å². The number of nitrogens with zero attached hydrogens (tertiary/aromatic N) is 4. The molecule has 3 aliphatic heterocycles. The highest BCUT2D eigenvalue weighted by Gasteiger charge is 2.35. The number of para-hydroxylation sites is 3. The summed E-state index contributed by atoms with van der Waals surface area (Å²) in [6.07, 6.45) is 26.0. The van der Waals surface area contributed by atoms with Crippen LogP contribution >= 0.6 is 0 Å². The van der Waals surface area contributed by atoms with E-state index >= 15 is 0 Å². The first-order valence-corrected chi connectivity index (χ1v) is 28.8. The minimum atomic E-state index is -0.619. The van der Waals surface area contributed by atoms with Gasteiger partial charge >= 0.3 is 0 Å². The number of nitrogens with one attached hydrogen (secondary N) is 2. The van der Waals surface area contributed by atoms with E-state index in [1.807, 2.05) is 114 Å². The second-order valence-electron chi connectivity index (χ2n) is 22.5. The molecule has 2 N–H and O–H groups in total. The Hall–Kier alpha value is -10.2. The quantitative estimate of drug-likeness (QED) is 0.126. The molecule has 0 spiro atoms. The molecule has 7 nitrogen and oxygen atoms in total. The van der Waals surface area contributed by atoms with Gasteiger partial charge in [0.05, 0.1) is 33.6 Å². The summed E-state index contributed by atoms with van der Waals surface area (Å²) in [5.41, 5.74) is 14.7. The van der Waals surface area contributed by atoms with Crippen LogP contribution in [0.2, 0.25) is 0 Å². The van der Waals surface area contributed by atoms with Crippen LogP contribution in [-0.2, 0) is 10.8 Å². The van der Waals surface area contributed by atoms with Crippen molar-refractivity contribution in [1.82, 2.24) is 20.2 Å². The van der Waals surface area contributed by atoms with E-state index in [-0.39, 0.29) is 29.6 Å². The summed E-state index contributed by atoms with van der Waals surface area (Å²) in [6.45, 7) is 9.47. The van der Waals surface area contributed by atoms with Crippen molar-refractivity contribution in [3.8, 4) is 28.4 Å². The molecule has 0 fully saturated rings. The molecular weight excluding hydrogens is 1030 g/mol. The number of aromatic nitrogens is 2. The number of hydrogen-bond acceptors (Lipinski definition) is 6. The van der Waals surface area contributed by atoms with Gasteiger partial charge in [-0.3, -0.25) is 4.57 Å². The number of allylic oxidation sites excluding steroid dienone is 8. The molecule has 5 heterocycles. The van der Waals surface area contributed by atoms with Gasteiger partial charge in [-0.05, 0) is 148 Å². The number of fused-ring (bicyclic) bond motifs is 4. The first-order chi connectivity index (χ1) is 43.3. The van der Waals surface area contributed by atoms with Crippen molar-refractivity contribution in [2.24, 2.45) is 0 Å². The average Bonchev–Trinajstić information content (AvgIpc) is 1.62. The van der Waals surface area contributed by atoms with Gasteiger partial charge in [0.25, 0.3) is 0 Å². The van der Waals surface area contributed by atoms with E-state index in [0.29, 0.717) is 45.8 Å². The first kappa shape index (κ1) is 49.4. The van der Waals surface area contributed by atoms with Crippen LogP contribution in [0.5, 0.6) is 11.5 Å². The second kappa shape index (κ2) is 23.6. The van der Waals surface area contributed by atoms with Crippen molar-refractivity contribution in [2.75, 3.05) is 16.5 Å². The predicted octanol–water partition coefficient (Wildman–Crippen LogP) is 17.9. The Kier molecular flexibility index (Phi) is 13.7. The van der Waals surface area contributed by atoms with E-state index in [1.165, 1.54) is 5.56 Å². The molecule has 85 heavy (non-hydrogen) atoms. The van der Waals surface area contributed by atoms with Gasteiger partial charge in [-0.2, -0.15) is 0 Å². The molecule has 0 bridgehead atoms. The lowest BCUT2D eigenvalue weighted by atomic mass is 9.62. The summed E-state index contributed by atoms with van der Waals surface area (Å²) >= 11 is 0. The molecule has 0 saturated carbocycles. The predicted molar refractivity (Wildman–Crippen MR) is 358 cm³/mol. The minimum Gasteiger partial charge on any atom is -0.457 e. The molecule has 13 rings (SSSR count). The fraction of sp³-hybridized carbons (Fsp3) is 0.0921. The molecule has 0 aliphatic carbocycles. The summed E-state index contributed by atoms with van der Waals surface area (Å²) in [5.74, 6) is 5.78. The van der Waals surface area contributed by atoms with E-state index in [0.717, 1.165) is 72.6 Å². The Morgan fingerprint density at radius 2 is 1.11 bits per heavy atom. The monoisotopic (exact) mass is 1100 g/mol. The Morgan fingerprint density at radius 3 is 1.75 bits per heavy atom. The Morgan fingerprint density at radius 1 is 0.506 bits per heavy atom. The van der Waals surface area contributed by atoms with Crippen LogP contribution in [0, 0.1) is 0 Å². The number of anilines is 4. The first-order valence-electron chi connectivity index (χ1n) is 30.8. The molecular formula is C76H64B2N6O. The van der Waals surface area contributed by atoms with Gasteiger partial charge in [-0.25, -0.2) is 4.98 Å². The molecule has 3 aliphatic rings. The smallest absolute Gasteiger partial charge is 0.182 e. The molecule has 0 amide bonds. The fourth-order valence-electron chi connectivity index (χ4n) is 11.7. The van der Waals surface area contributed by atoms with E-state index < -0.39 is 5.41 Å². The SMILES string of the molecule is [2H]c1c([2H])c([2H])c2c(c1[2H])c1ccc(Oc3cc(-c4ccccc4)cc(N4CN(c5c(/C6=C/C=C\N/C=C\C=C/[B]6)cc(C(C)(C)C)cc5/C5=C/C=C\N/C=C\C=C/[B]5)c5ccccc54)c3)cc1n2-c1cc(C(C)(c2ccccc2)c2ccccc2)ccn1. The maximum atomic E-state index is 9.48. The van der Waals surface area contributed by atoms with E-state index in [2.05, 4.69) is 214 Å². The third-order valence-corrected chi connectivity index (χ3v) is 16.1. The largest absolute Gasteiger partial charge is 0.457 e. The average molecular weight is 1100 g/mol. The number of benzene rings is 8. The number of pyridine rings is 1. The minimum absolute atomic E-state index is 0.125. The van der Waals surface area contributed by atoms with Crippen LogP contribution in [0.25, 0.3) is 49.7 Å². The normalized spacial score (nSPS) is 18.4. The summed E-state index contributed by atoms with van der Waals surface area (Å²) < 4.78 is 45.7. The van der Waals surface area contributed by atoms with E-state index in [4.69, 9.17) is 12.5 Å². The zero-order valence-corrected chi connectivity index (χ0v) is 48.0. The van der Waals surface area contributed by atoms with E-state index in [1.54, 1.807) is 6.20 Å². The van der Waals surface area contributed by atoms with Crippen molar-refractivity contribution in [1.29, 1.82) is 0 Å². The van der Waals surface area contributed by atoms with Gasteiger partial charge in [0.2, 0.25) is 0 Å². The number of rotatable bonds is 11. The summed E-state index contributed by atoms with van der Waals surface area (Å²) in [6, 6.07) is 59.7. The van der Waals surface area contributed by atoms with Crippen LogP contribution in [0.4, 0.5) is 22.7 Å². The zero-order valence-electron chi connectivity index (χ0n) is 52.0. The Bertz CT molecular complexity index is 4510.